The smallest absolute Gasteiger partial charge is 0.337 e. The highest BCUT2D eigenvalue weighted by molar-refractivity contribution is 7.91. The van der Waals surface area contributed by atoms with Crippen LogP contribution in [-0.2, 0) is 15.8 Å². The third kappa shape index (κ3) is 3.82. The fraction of sp³-hybridized carbons (Fsp3) is 0.133. The summed E-state index contributed by atoms with van der Waals surface area (Å²) < 4.78 is 26.8. The highest BCUT2D eigenvalue weighted by Gasteiger charge is 2.18. The number of rotatable bonds is 5. The molecule has 0 aliphatic carbocycles. The molecule has 21 heavy (non-hydrogen) atoms. The molecule has 0 unspecified atom stereocenters. The predicted octanol–water partition coefficient (Wildman–Crippen LogP) is 2.64. The van der Waals surface area contributed by atoms with Crippen molar-refractivity contribution in [2.45, 2.75) is 12.7 Å². The molecular weight excluding hydrogens is 290 g/mol. The molecule has 110 valence electrons. The maximum Gasteiger partial charge on any atom is 0.337 e. The molecule has 0 heterocycles. The number of aryl methyl sites for hydroxylation is 1. The molecule has 0 atom stereocenters. The van der Waals surface area contributed by atoms with E-state index in [1.54, 1.807) is 49.4 Å². The molecule has 0 fully saturated rings. The van der Waals surface area contributed by atoms with Gasteiger partial charge in [0.05, 0.1) is 17.0 Å². The monoisotopic (exact) mass is 305 g/mol. The molecule has 0 bridgehead atoms. The van der Waals surface area contributed by atoms with Gasteiger partial charge in [0.1, 0.15) is 0 Å². The van der Waals surface area contributed by atoms with Crippen molar-refractivity contribution in [3.05, 3.63) is 65.2 Å². The third-order valence-electron chi connectivity index (χ3n) is 2.96. The zero-order valence-corrected chi connectivity index (χ0v) is 12.2. The highest BCUT2D eigenvalue weighted by atomic mass is 32.2. The lowest BCUT2D eigenvalue weighted by Gasteiger charge is -2.13. The first-order valence-corrected chi connectivity index (χ1v) is 7.91. The first-order chi connectivity index (χ1) is 9.89. The lowest BCUT2D eigenvalue weighted by molar-refractivity contribution is 0.0698. The van der Waals surface area contributed by atoms with E-state index in [1.165, 1.54) is 6.07 Å². The summed E-state index contributed by atoms with van der Waals surface area (Å²) in [6.07, 6.45) is 0. The molecule has 0 aliphatic rings. The minimum absolute atomic E-state index is 0.0633. The summed E-state index contributed by atoms with van der Waals surface area (Å²) in [5, 5.41) is 9.14. The van der Waals surface area contributed by atoms with Gasteiger partial charge in [-0.3, -0.25) is 4.72 Å². The fourth-order valence-corrected chi connectivity index (χ4v) is 3.25. The number of aromatic carboxylic acids is 1. The van der Waals surface area contributed by atoms with Crippen LogP contribution in [0.2, 0.25) is 0 Å². The van der Waals surface area contributed by atoms with Crippen LogP contribution in [0.5, 0.6) is 0 Å². The van der Waals surface area contributed by atoms with Crippen molar-refractivity contribution in [3.8, 4) is 0 Å². The summed E-state index contributed by atoms with van der Waals surface area (Å²) in [5.74, 6) is -1.38. The Labute approximate surface area is 123 Å². The van der Waals surface area contributed by atoms with Crippen LogP contribution in [0.15, 0.2) is 48.5 Å². The van der Waals surface area contributed by atoms with Crippen molar-refractivity contribution in [2.24, 2.45) is 0 Å². The third-order valence-corrected chi connectivity index (χ3v) is 4.19. The van der Waals surface area contributed by atoms with E-state index in [0.29, 0.717) is 11.1 Å². The summed E-state index contributed by atoms with van der Waals surface area (Å²) >= 11 is 0. The zero-order chi connectivity index (χ0) is 15.5. The number of carboxylic acids is 1. The largest absolute Gasteiger partial charge is 0.478 e. The Morgan fingerprint density at radius 3 is 2.38 bits per heavy atom. The van der Waals surface area contributed by atoms with E-state index in [1.807, 2.05) is 0 Å². The van der Waals surface area contributed by atoms with Gasteiger partial charge in [-0.25, -0.2) is 13.2 Å². The van der Waals surface area contributed by atoms with Gasteiger partial charge in [0.25, 0.3) is 0 Å². The van der Waals surface area contributed by atoms with Crippen LogP contribution in [0.1, 0.15) is 21.5 Å². The lowest BCUT2D eigenvalue weighted by Crippen LogP contribution is -2.18. The van der Waals surface area contributed by atoms with Crippen molar-refractivity contribution >= 4 is 21.7 Å². The van der Waals surface area contributed by atoms with Gasteiger partial charge < -0.3 is 5.11 Å². The molecule has 0 aromatic heterocycles. The quantitative estimate of drug-likeness (QED) is 0.889. The van der Waals surface area contributed by atoms with E-state index >= 15 is 0 Å². The Morgan fingerprint density at radius 1 is 1.10 bits per heavy atom. The molecule has 2 aromatic carbocycles. The molecule has 0 saturated carbocycles. The molecule has 5 nitrogen and oxygen atoms in total. The minimum atomic E-state index is -3.68. The SMILES string of the molecule is Cc1cccc(C(=O)O)c1NS(=O)(=O)Cc1ccccc1. The predicted molar refractivity (Wildman–Crippen MR) is 80.8 cm³/mol. The molecule has 6 heteroatoms. The first kappa shape index (κ1) is 15.1. The molecule has 0 radical (unpaired) electrons. The standard InChI is InChI=1S/C15H15NO4S/c1-11-6-5-9-13(15(17)18)14(11)16-21(19,20)10-12-7-3-2-4-8-12/h2-9,16H,10H2,1H3,(H,17,18). The summed E-state index contributed by atoms with van der Waals surface area (Å²) in [6.45, 7) is 1.66. The maximum absolute atomic E-state index is 12.2. The van der Waals surface area contributed by atoms with Crippen LogP contribution in [0.4, 0.5) is 5.69 Å². The molecule has 2 aromatic rings. The van der Waals surface area contributed by atoms with Crippen LogP contribution in [0.25, 0.3) is 0 Å². The molecular formula is C15H15NO4S. The van der Waals surface area contributed by atoms with E-state index < -0.39 is 16.0 Å². The topological polar surface area (TPSA) is 83.5 Å². The van der Waals surface area contributed by atoms with Crippen molar-refractivity contribution in [2.75, 3.05) is 4.72 Å². The van der Waals surface area contributed by atoms with Gasteiger partial charge in [-0.2, -0.15) is 0 Å². The van der Waals surface area contributed by atoms with Crippen LogP contribution in [0.3, 0.4) is 0 Å². The van der Waals surface area contributed by atoms with E-state index in [4.69, 9.17) is 5.11 Å². The van der Waals surface area contributed by atoms with Gasteiger partial charge in [0.15, 0.2) is 0 Å². The van der Waals surface area contributed by atoms with Crippen molar-refractivity contribution in [3.63, 3.8) is 0 Å². The van der Waals surface area contributed by atoms with Gasteiger partial charge in [0.2, 0.25) is 10.0 Å². The molecule has 0 spiro atoms. The molecule has 2 N–H and O–H groups in total. The second-order valence-corrected chi connectivity index (χ2v) is 6.37. The van der Waals surface area contributed by atoms with E-state index in [0.717, 1.165) is 0 Å². The van der Waals surface area contributed by atoms with Gasteiger partial charge in [-0.05, 0) is 24.1 Å². The summed E-state index contributed by atoms with van der Waals surface area (Å²) in [6, 6.07) is 13.3. The lowest BCUT2D eigenvalue weighted by atomic mass is 10.1. The molecule has 0 saturated heterocycles. The van der Waals surface area contributed by atoms with E-state index in [2.05, 4.69) is 4.72 Å². The number of anilines is 1. The number of benzene rings is 2. The molecule has 0 aliphatic heterocycles. The summed E-state index contributed by atoms with van der Waals surface area (Å²) in [4.78, 5) is 11.2. The summed E-state index contributed by atoms with van der Waals surface area (Å²) in [5.41, 5.74) is 1.24. The van der Waals surface area contributed by atoms with Gasteiger partial charge >= 0.3 is 5.97 Å². The number of hydrogen-bond acceptors (Lipinski definition) is 3. The van der Waals surface area contributed by atoms with Crippen LogP contribution >= 0.6 is 0 Å². The minimum Gasteiger partial charge on any atom is -0.478 e. The zero-order valence-electron chi connectivity index (χ0n) is 11.4. The van der Waals surface area contributed by atoms with E-state index in [9.17, 15) is 13.2 Å². The summed E-state index contributed by atoms with van der Waals surface area (Å²) in [7, 11) is -3.68. The Bertz CT molecular complexity index is 754. The fourth-order valence-electron chi connectivity index (χ4n) is 1.97. The number of nitrogens with one attached hydrogen (secondary N) is 1. The van der Waals surface area contributed by atoms with Crippen molar-refractivity contribution in [1.82, 2.24) is 0 Å². The average molecular weight is 305 g/mol. The van der Waals surface area contributed by atoms with Gasteiger partial charge in [-0.1, -0.05) is 42.5 Å². The Morgan fingerprint density at radius 2 is 1.76 bits per heavy atom. The number of sulfonamides is 1. The number of para-hydroxylation sites is 1. The molecule has 2 rings (SSSR count). The first-order valence-electron chi connectivity index (χ1n) is 6.26. The van der Waals surface area contributed by atoms with Crippen molar-refractivity contribution < 1.29 is 18.3 Å². The number of hydrogen-bond donors (Lipinski definition) is 2. The van der Waals surface area contributed by atoms with Crippen molar-refractivity contribution in [1.29, 1.82) is 0 Å². The number of carboxylic acid groups (broad SMARTS) is 1. The Kier molecular flexibility index (Phi) is 4.28. The van der Waals surface area contributed by atoms with Crippen LogP contribution < -0.4 is 4.72 Å². The van der Waals surface area contributed by atoms with Gasteiger partial charge in [0, 0.05) is 0 Å². The second kappa shape index (κ2) is 5.97. The van der Waals surface area contributed by atoms with E-state index in [-0.39, 0.29) is 17.0 Å². The number of carbonyl (C=O) groups is 1. The maximum atomic E-state index is 12.2. The average Bonchev–Trinajstić information content (AvgIpc) is 2.41. The second-order valence-electron chi connectivity index (χ2n) is 4.65. The highest BCUT2D eigenvalue weighted by Crippen LogP contribution is 2.22. The van der Waals surface area contributed by atoms with Crippen LogP contribution in [-0.4, -0.2) is 19.5 Å². The Hall–Kier alpha value is -2.34. The van der Waals surface area contributed by atoms with Gasteiger partial charge in [-0.15, -0.1) is 0 Å². The van der Waals surface area contributed by atoms with Crippen LogP contribution in [0, 0.1) is 6.92 Å². The Balaban J connectivity index is 2.31. The molecule has 0 amide bonds. The normalized spacial score (nSPS) is 11.1.